The van der Waals surface area contributed by atoms with Crippen LogP contribution < -0.4 is 10.6 Å². The summed E-state index contributed by atoms with van der Waals surface area (Å²) >= 11 is 0. The predicted molar refractivity (Wildman–Crippen MR) is 71.9 cm³/mol. The average Bonchev–Trinajstić information content (AvgIpc) is 2.44. The fourth-order valence-electron chi connectivity index (χ4n) is 2.46. The molecule has 0 heterocycles. The zero-order chi connectivity index (χ0) is 12.7. The zero-order valence-electron chi connectivity index (χ0n) is 11.6. The molecule has 3 heteroatoms. The average molecular weight is 240 g/mol. The normalized spacial score (nSPS) is 25.6. The molecule has 0 spiro atoms. The molecule has 1 fully saturated rings. The van der Waals surface area contributed by atoms with Gasteiger partial charge >= 0.3 is 0 Å². The number of rotatable bonds is 5. The van der Waals surface area contributed by atoms with E-state index in [-0.39, 0.29) is 5.91 Å². The summed E-state index contributed by atoms with van der Waals surface area (Å²) in [7, 11) is 0. The van der Waals surface area contributed by atoms with Gasteiger partial charge in [0.2, 0.25) is 5.91 Å². The van der Waals surface area contributed by atoms with Crippen LogP contribution in [0.3, 0.4) is 0 Å². The van der Waals surface area contributed by atoms with E-state index in [1.54, 1.807) is 0 Å². The molecule has 2 atom stereocenters. The van der Waals surface area contributed by atoms with Crippen molar-refractivity contribution in [2.45, 2.75) is 71.4 Å². The lowest BCUT2D eigenvalue weighted by Crippen LogP contribution is -2.40. The Kier molecular flexibility index (Phi) is 6.56. The van der Waals surface area contributed by atoms with Crippen LogP contribution in [0.25, 0.3) is 0 Å². The second-order valence-corrected chi connectivity index (χ2v) is 5.65. The van der Waals surface area contributed by atoms with Crippen LogP contribution in [0.1, 0.15) is 59.3 Å². The van der Waals surface area contributed by atoms with Crippen molar-refractivity contribution < 1.29 is 4.79 Å². The van der Waals surface area contributed by atoms with Gasteiger partial charge in [0, 0.05) is 25.0 Å². The first-order chi connectivity index (χ1) is 8.09. The summed E-state index contributed by atoms with van der Waals surface area (Å²) in [4.78, 5) is 11.8. The molecule has 1 aliphatic carbocycles. The summed E-state index contributed by atoms with van der Waals surface area (Å²) in [5.41, 5.74) is 0. The Morgan fingerprint density at radius 3 is 2.65 bits per heavy atom. The molecule has 0 radical (unpaired) electrons. The van der Waals surface area contributed by atoms with Crippen molar-refractivity contribution in [3.05, 3.63) is 0 Å². The van der Waals surface area contributed by atoms with Gasteiger partial charge in [0.15, 0.2) is 0 Å². The molecule has 100 valence electrons. The molecular weight excluding hydrogens is 212 g/mol. The molecule has 1 amide bonds. The minimum Gasteiger partial charge on any atom is -0.353 e. The Balaban J connectivity index is 2.23. The van der Waals surface area contributed by atoms with E-state index >= 15 is 0 Å². The van der Waals surface area contributed by atoms with E-state index < -0.39 is 0 Å². The van der Waals surface area contributed by atoms with E-state index in [2.05, 4.69) is 31.4 Å². The Labute approximate surface area is 106 Å². The van der Waals surface area contributed by atoms with Gasteiger partial charge in [0.25, 0.3) is 0 Å². The van der Waals surface area contributed by atoms with Crippen LogP contribution >= 0.6 is 0 Å². The third-order valence-corrected chi connectivity index (χ3v) is 3.61. The van der Waals surface area contributed by atoms with Crippen LogP contribution in [-0.2, 0) is 4.79 Å². The van der Waals surface area contributed by atoms with Crippen molar-refractivity contribution in [2.24, 2.45) is 5.92 Å². The summed E-state index contributed by atoms with van der Waals surface area (Å²) < 4.78 is 0. The minimum atomic E-state index is 0.205. The van der Waals surface area contributed by atoms with E-state index in [0.29, 0.717) is 24.4 Å². The van der Waals surface area contributed by atoms with Crippen molar-refractivity contribution in [3.8, 4) is 0 Å². The van der Waals surface area contributed by atoms with Crippen molar-refractivity contribution in [2.75, 3.05) is 6.54 Å². The van der Waals surface area contributed by atoms with Crippen LogP contribution in [0.2, 0.25) is 0 Å². The topological polar surface area (TPSA) is 41.1 Å². The molecule has 0 aromatic carbocycles. The number of nitrogens with one attached hydrogen (secondary N) is 2. The second-order valence-electron chi connectivity index (χ2n) is 5.65. The molecule has 0 aliphatic heterocycles. The van der Waals surface area contributed by atoms with E-state index in [4.69, 9.17) is 0 Å². The standard InChI is InChI=1S/C14H28N2O/c1-11(2)15-10-9-14(17)16-13-8-6-4-5-7-12(13)3/h11-13,15H,4-10H2,1-3H3,(H,16,17). The Hall–Kier alpha value is -0.570. The molecule has 2 unspecified atom stereocenters. The van der Waals surface area contributed by atoms with Gasteiger partial charge in [-0.05, 0) is 18.8 Å². The van der Waals surface area contributed by atoms with Crippen molar-refractivity contribution in [1.82, 2.24) is 10.6 Å². The van der Waals surface area contributed by atoms with Gasteiger partial charge in [0.1, 0.15) is 0 Å². The summed E-state index contributed by atoms with van der Waals surface area (Å²) in [5, 5.41) is 6.48. The van der Waals surface area contributed by atoms with Gasteiger partial charge in [-0.3, -0.25) is 4.79 Å². The minimum absolute atomic E-state index is 0.205. The summed E-state index contributed by atoms with van der Waals surface area (Å²) in [5.74, 6) is 0.844. The lowest BCUT2D eigenvalue weighted by Gasteiger charge is -2.23. The molecule has 1 saturated carbocycles. The number of carbonyl (C=O) groups is 1. The third-order valence-electron chi connectivity index (χ3n) is 3.61. The first kappa shape index (κ1) is 14.5. The molecule has 0 aromatic rings. The highest BCUT2D eigenvalue weighted by atomic mass is 16.1. The largest absolute Gasteiger partial charge is 0.353 e. The zero-order valence-corrected chi connectivity index (χ0v) is 11.6. The maximum absolute atomic E-state index is 11.8. The van der Waals surface area contributed by atoms with Crippen molar-refractivity contribution >= 4 is 5.91 Å². The summed E-state index contributed by atoms with van der Waals surface area (Å²) in [6.07, 6.45) is 6.93. The first-order valence-corrected chi connectivity index (χ1v) is 7.12. The maximum atomic E-state index is 11.8. The monoisotopic (exact) mass is 240 g/mol. The van der Waals surface area contributed by atoms with Crippen molar-refractivity contribution in [1.29, 1.82) is 0 Å². The lowest BCUT2D eigenvalue weighted by molar-refractivity contribution is -0.122. The highest BCUT2D eigenvalue weighted by Gasteiger charge is 2.21. The molecule has 0 saturated heterocycles. The summed E-state index contributed by atoms with van der Waals surface area (Å²) in [6.45, 7) is 7.25. The van der Waals surface area contributed by atoms with Gasteiger partial charge in [-0.25, -0.2) is 0 Å². The Morgan fingerprint density at radius 1 is 1.24 bits per heavy atom. The smallest absolute Gasteiger partial charge is 0.221 e. The van der Waals surface area contributed by atoms with Gasteiger partial charge < -0.3 is 10.6 Å². The van der Waals surface area contributed by atoms with Crippen LogP contribution in [0.4, 0.5) is 0 Å². The molecule has 1 rings (SSSR count). The highest BCUT2D eigenvalue weighted by molar-refractivity contribution is 5.76. The number of amides is 1. The quantitative estimate of drug-likeness (QED) is 0.725. The van der Waals surface area contributed by atoms with Gasteiger partial charge in [0.05, 0.1) is 0 Å². The number of hydrogen-bond acceptors (Lipinski definition) is 2. The van der Waals surface area contributed by atoms with Crippen LogP contribution in [0, 0.1) is 5.92 Å². The molecular formula is C14H28N2O. The van der Waals surface area contributed by atoms with Gasteiger partial charge in [-0.2, -0.15) is 0 Å². The second kappa shape index (κ2) is 7.70. The first-order valence-electron chi connectivity index (χ1n) is 7.12. The maximum Gasteiger partial charge on any atom is 0.221 e. The Bertz CT molecular complexity index is 228. The van der Waals surface area contributed by atoms with Gasteiger partial charge in [-0.1, -0.05) is 40.0 Å². The SMILES string of the molecule is CC(C)NCCC(=O)NC1CCCCCC1C. The molecule has 0 bridgehead atoms. The highest BCUT2D eigenvalue weighted by Crippen LogP contribution is 2.22. The molecule has 2 N–H and O–H groups in total. The summed E-state index contributed by atoms with van der Waals surface area (Å²) in [6, 6.07) is 0.864. The Morgan fingerprint density at radius 2 is 1.94 bits per heavy atom. The predicted octanol–water partition coefficient (Wildman–Crippen LogP) is 2.46. The molecule has 1 aliphatic rings. The van der Waals surface area contributed by atoms with E-state index in [0.717, 1.165) is 13.0 Å². The number of hydrogen-bond donors (Lipinski definition) is 2. The molecule has 17 heavy (non-hydrogen) atoms. The molecule has 3 nitrogen and oxygen atoms in total. The fourth-order valence-corrected chi connectivity index (χ4v) is 2.46. The van der Waals surface area contributed by atoms with Crippen LogP contribution in [-0.4, -0.2) is 24.5 Å². The fraction of sp³-hybridized carbons (Fsp3) is 0.929. The van der Waals surface area contributed by atoms with Gasteiger partial charge in [-0.15, -0.1) is 0 Å². The van der Waals surface area contributed by atoms with Crippen LogP contribution in [0.5, 0.6) is 0 Å². The van der Waals surface area contributed by atoms with E-state index in [9.17, 15) is 4.79 Å². The van der Waals surface area contributed by atoms with Crippen LogP contribution in [0.15, 0.2) is 0 Å². The lowest BCUT2D eigenvalue weighted by atomic mass is 9.97. The third kappa shape index (κ3) is 6.06. The molecule has 0 aromatic heterocycles. The van der Waals surface area contributed by atoms with Crippen molar-refractivity contribution in [3.63, 3.8) is 0 Å². The van der Waals surface area contributed by atoms with E-state index in [1.807, 2.05) is 0 Å². The number of carbonyl (C=O) groups excluding carboxylic acids is 1. The van der Waals surface area contributed by atoms with E-state index in [1.165, 1.54) is 25.7 Å².